The molecule has 5 atom stereocenters. The molecule has 1 saturated heterocycles. The summed E-state index contributed by atoms with van der Waals surface area (Å²) in [6, 6.07) is 10.0. The van der Waals surface area contributed by atoms with Crippen molar-refractivity contribution in [3.63, 3.8) is 0 Å². The van der Waals surface area contributed by atoms with Gasteiger partial charge in [0.05, 0.1) is 6.61 Å². The second-order valence-electron chi connectivity index (χ2n) is 7.11. The van der Waals surface area contributed by atoms with Crippen LogP contribution in [-0.2, 0) is 9.47 Å². The lowest BCUT2D eigenvalue weighted by atomic mass is 9.99. The standard InChI is InChI=1S/C21H26O8/c1-11-4-13(23)8-14(5-11)27-15-6-12(2)7-16(9-15)28-21-19(25)18(24)20(26-3)17(10-22)29-21/h4-9,17-25H,10H2,1-3H3/t17-,18-,19-,20-,21+/m1/s1. The van der Waals surface area contributed by atoms with Crippen LogP contribution in [0.5, 0.6) is 23.0 Å². The van der Waals surface area contributed by atoms with E-state index in [9.17, 15) is 20.4 Å². The molecular formula is C21H26O8. The molecule has 0 aromatic heterocycles. The Bertz CT molecular complexity index is 817. The molecule has 2 aromatic carbocycles. The monoisotopic (exact) mass is 406 g/mol. The zero-order valence-electron chi connectivity index (χ0n) is 16.5. The molecule has 0 amide bonds. The molecule has 0 aliphatic carbocycles. The number of aliphatic hydroxyl groups excluding tert-OH is 3. The van der Waals surface area contributed by atoms with Gasteiger partial charge >= 0.3 is 0 Å². The SMILES string of the molecule is CO[C@H]1[C@H](O)[C@@H](O)[C@@H](Oc2cc(C)cc(Oc3cc(C)cc(O)c3)c2)O[C@@H]1CO. The summed E-state index contributed by atoms with van der Waals surface area (Å²) >= 11 is 0. The van der Waals surface area contributed by atoms with Gasteiger partial charge in [-0.3, -0.25) is 0 Å². The molecule has 0 spiro atoms. The number of ether oxygens (including phenoxy) is 4. The van der Waals surface area contributed by atoms with Gasteiger partial charge < -0.3 is 39.4 Å². The van der Waals surface area contributed by atoms with E-state index in [0.29, 0.717) is 17.2 Å². The molecule has 0 bridgehead atoms. The van der Waals surface area contributed by atoms with Crippen LogP contribution in [0.2, 0.25) is 0 Å². The molecule has 4 N–H and O–H groups in total. The minimum absolute atomic E-state index is 0.0968. The van der Waals surface area contributed by atoms with Gasteiger partial charge in [0.15, 0.2) is 0 Å². The third-order valence-electron chi connectivity index (χ3n) is 4.64. The molecule has 29 heavy (non-hydrogen) atoms. The molecule has 3 rings (SSSR count). The number of aryl methyl sites for hydroxylation is 2. The van der Waals surface area contributed by atoms with Gasteiger partial charge in [-0.1, -0.05) is 0 Å². The van der Waals surface area contributed by atoms with Gasteiger partial charge in [-0.2, -0.15) is 0 Å². The minimum Gasteiger partial charge on any atom is -0.508 e. The average Bonchev–Trinajstić information content (AvgIpc) is 2.64. The molecule has 2 aromatic rings. The Hall–Kier alpha value is -2.36. The van der Waals surface area contributed by atoms with Crippen molar-refractivity contribution >= 4 is 0 Å². The zero-order valence-corrected chi connectivity index (χ0v) is 16.5. The minimum atomic E-state index is -1.37. The van der Waals surface area contributed by atoms with Crippen LogP contribution in [0.3, 0.4) is 0 Å². The van der Waals surface area contributed by atoms with Gasteiger partial charge in [0.2, 0.25) is 6.29 Å². The molecule has 1 aliphatic rings. The number of phenols is 1. The normalized spacial score (nSPS) is 26.9. The first-order chi connectivity index (χ1) is 13.8. The van der Waals surface area contributed by atoms with Gasteiger partial charge in [0.25, 0.3) is 0 Å². The summed E-state index contributed by atoms with van der Waals surface area (Å²) < 4.78 is 22.2. The number of rotatable bonds is 6. The highest BCUT2D eigenvalue weighted by atomic mass is 16.7. The molecule has 0 radical (unpaired) electrons. The van der Waals surface area contributed by atoms with Gasteiger partial charge in [-0.05, 0) is 49.2 Å². The highest BCUT2D eigenvalue weighted by Crippen LogP contribution is 2.32. The first-order valence-electron chi connectivity index (χ1n) is 9.23. The van der Waals surface area contributed by atoms with Gasteiger partial charge in [0.1, 0.15) is 47.4 Å². The van der Waals surface area contributed by atoms with E-state index < -0.39 is 37.3 Å². The van der Waals surface area contributed by atoms with Crippen molar-refractivity contribution in [1.82, 2.24) is 0 Å². The highest BCUT2D eigenvalue weighted by molar-refractivity contribution is 5.43. The second kappa shape index (κ2) is 8.98. The summed E-state index contributed by atoms with van der Waals surface area (Å²) in [6.45, 7) is 3.29. The van der Waals surface area contributed by atoms with Crippen molar-refractivity contribution < 1.29 is 39.4 Å². The van der Waals surface area contributed by atoms with Crippen LogP contribution in [0.15, 0.2) is 36.4 Å². The number of hydrogen-bond acceptors (Lipinski definition) is 8. The number of hydrogen-bond donors (Lipinski definition) is 4. The van der Waals surface area contributed by atoms with Crippen LogP contribution >= 0.6 is 0 Å². The summed E-state index contributed by atoms with van der Waals surface area (Å²) in [6.07, 6.45) is -5.58. The molecule has 0 unspecified atom stereocenters. The number of aromatic hydroxyl groups is 1. The van der Waals surface area contributed by atoms with Gasteiger partial charge in [-0.15, -0.1) is 0 Å². The fraction of sp³-hybridized carbons (Fsp3) is 0.429. The molecule has 8 heteroatoms. The Morgan fingerprint density at radius 1 is 0.897 bits per heavy atom. The summed E-state index contributed by atoms with van der Waals surface area (Å²) in [4.78, 5) is 0. The molecule has 158 valence electrons. The van der Waals surface area contributed by atoms with E-state index in [1.54, 1.807) is 30.3 Å². The highest BCUT2D eigenvalue weighted by Gasteiger charge is 2.45. The lowest BCUT2D eigenvalue weighted by Gasteiger charge is -2.41. The summed E-state index contributed by atoms with van der Waals surface area (Å²) in [5, 5.41) is 39.8. The maximum atomic E-state index is 10.3. The van der Waals surface area contributed by atoms with Crippen LogP contribution in [-0.4, -0.2) is 64.8 Å². The lowest BCUT2D eigenvalue weighted by molar-refractivity contribution is -0.281. The average molecular weight is 406 g/mol. The van der Waals surface area contributed by atoms with Crippen LogP contribution in [0.25, 0.3) is 0 Å². The summed E-state index contributed by atoms with van der Waals surface area (Å²) in [7, 11) is 1.36. The first kappa shape index (κ1) is 21.4. The van der Waals surface area contributed by atoms with Gasteiger partial charge in [0, 0.05) is 19.2 Å². The number of aliphatic hydroxyl groups is 3. The van der Waals surface area contributed by atoms with Crippen molar-refractivity contribution in [3.8, 4) is 23.0 Å². The van der Waals surface area contributed by atoms with E-state index in [0.717, 1.165) is 11.1 Å². The lowest BCUT2D eigenvalue weighted by Crippen LogP contribution is -2.60. The quantitative estimate of drug-likeness (QED) is 0.572. The number of phenolic OH excluding ortho intramolecular Hbond substituents is 1. The third kappa shape index (κ3) is 4.98. The molecular weight excluding hydrogens is 380 g/mol. The number of methoxy groups -OCH3 is 1. The van der Waals surface area contributed by atoms with Crippen molar-refractivity contribution in [2.24, 2.45) is 0 Å². The topological polar surface area (TPSA) is 118 Å². The van der Waals surface area contributed by atoms with Crippen molar-refractivity contribution in [3.05, 3.63) is 47.5 Å². The predicted octanol–water partition coefficient (Wildman–Crippen LogP) is 1.63. The Balaban J connectivity index is 1.79. The van der Waals surface area contributed by atoms with Crippen LogP contribution in [0, 0.1) is 13.8 Å². The molecule has 1 heterocycles. The molecule has 8 nitrogen and oxygen atoms in total. The maximum absolute atomic E-state index is 10.3. The fourth-order valence-corrected chi connectivity index (χ4v) is 3.34. The van der Waals surface area contributed by atoms with E-state index in [1.165, 1.54) is 13.2 Å². The second-order valence-corrected chi connectivity index (χ2v) is 7.11. The zero-order chi connectivity index (χ0) is 21.1. The Morgan fingerprint density at radius 2 is 1.52 bits per heavy atom. The van der Waals surface area contributed by atoms with E-state index in [1.807, 2.05) is 13.8 Å². The summed E-state index contributed by atoms with van der Waals surface area (Å²) in [5.41, 5.74) is 1.67. The van der Waals surface area contributed by atoms with Crippen molar-refractivity contribution in [2.75, 3.05) is 13.7 Å². The predicted molar refractivity (Wildman–Crippen MR) is 103 cm³/mol. The summed E-state index contributed by atoms with van der Waals surface area (Å²) in [5.74, 6) is 1.37. The molecule has 1 fully saturated rings. The Morgan fingerprint density at radius 3 is 2.14 bits per heavy atom. The van der Waals surface area contributed by atoms with E-state index in [2.05, 4.69) is 0 Å². The Labute approximate surface area is 168 Å². The van der Waals surface area contributed by atoms with Gasteiger partial charge in [-0.25, -0.2) is 0 Å². The smallest absolute Gasteiger partial charge is 0.229 e. The third-order valence-corrected chi connectivity index (χ3v) is 4.64. The van der Waals surface area contributed by atoms with E-state index >= 15 is 0 Å². The molecule has 0 saturated carbocycles. The fourth-order valence-electron chi connectivity index (χ4n) is 3.34. The van der Waals surface area contributed by atoms with E-state index in [-0.39, 0.29) is 5.75 Å². The van der Waals surface area contributed by atoms with Crippen LogP contribution in [0.1, 0.15) is 11.1 Å². The molecule has 1 aliphatic heterocycles. The van der Waals surface area contributed by atoms with Crippen LogP contribution < -0.4 is 9.47 Å². The first-order valence-corrected chi connectivity index (χ1v) is 9.23. The maximum Gasteiger partial charge on any atom is 0.229 e. The van der Waals surface area contributed by atoms with E-state index in [4.69, 9.17) is 18.9 Å². The largest absolute Gasteiger partial charge is 0.508 e. The van der Waals surface area contributed by atoms with Crippen LogP contribution in [0.4, 0.5) is 0 Å². The Kier molecular flexibility index (Phi) is 6.61. The number of benzene rings is 2. The van der Waals surface area contributed by atoms with Crippen molar-refractivity contribution in [1.29, 1.82) is 0 Å². The van der Waals surface area contributed by atoms with Crippen molar-refractivity contribution in [2.45, 2.75) is 44.6 Å².